The van der Waals surface area contributed by atoms with Crippen LogP contribution in [-0.2, 0) is 11.2 Å². The van der Waals surface area contributed by atoms with Crippen molar-refractivity contribution in [2.24, 2.45) is 0 Å². The van der Waals surface area contributed by atoms with E-state index >= 15 is 0 Å². The maximum atomic E-state index is 12.0. The molecule has 0 heterocycles. The fraction of sp³-hybridized carbons (Fsp3) is 0.350. The fourth-order valence-electron chi connectivity index (χ4n) is 2.63. The SMILES string of the molecule is COc1ccc(C(C)CCNC(=O)CCc2ccccc2N)cc1. The van der Waals surface area contributed by atoms with Crippen LogP contribution in [0.3, 0.4) is 0 Å². The molecule has 1 atom stereocenters. The number of hydrogen-bond acceptors (Lipinski definition) is 3. The van der Waals surface area contributed by atoms with Gasteiger partial charge in [0.1, 0.15) is 5.75 Å². The largest absolute Gasteiger partial charge is 0.497 e. The summed E-state index contributed by atoms with van der Waals surface area (Å²) in [5, 5.41) is 2.99. The summed E-state index contributed by atoms with van der Waals surface area (Å²) in [5.74, 6) is 1.32. The standard InChI is InChI=1S/C20H26N2O2/c1-15(16-7-10-18(24-2)11-8-16)13-14-22-20(23)12-9-17-5-3-4-6-19(17)21/h3-8,10-11,15H,9,12-14,21H2,1-2H3,(H,22,23). The average molecular weight is 326 g/mol. The van der Waals surface area contributed by atoms with Crippen LogP contribution in [0, 0.1) is 0 Å². The van der Waals surface area contributed by atoms with Gasteiger partial charge in [0.2, 0.25) is 5.91 Å². The number of nitrogens with two attached hydrogens (primary N) is 1. The van der Waals surface area contributed by atoms with Crippen LogP contribution in [0.1, 0.15) is 36.8 Å². The first-order valence-corrected chi connectivity index (χ1v) is 8.34. The molecule has 4 nitrogen and oxygen atoms in total. The minimum absolute atomic E-state index is 0.0696. The number of aryl methyl sites for hydroxylation is 1. The van der Waals surface area contributed by atoms with Gasteiger partial charge in [0, 0.05) is 18.7 Å². The Labute approximate surface area is 144 Å². The summed E-state index contributed by atoms with van der Waals surface area (Å²) in [6, 6.07) is 15.8. The van der Waals surface area contributed by atoms with E-state index in [9.17, 15) is 4.79 Å². The Morgan fingerprint density at radius 1 is 1.17 bits per heavy atom. The lowest BCUT2D eigenvalue weighted by Crippen LogP contribution is -2.25. The van der Waals surface area contributed by atoms with Crippen LogP contribution in [0.2, 0.25) is 0 Å². The second-order valence-corrected chi connectivity index (χ2v) is 6.01. The fourth-order valence-corrected chi connectivity index (χ4v) is 2.63. The molecule has 2 rings (SSSR count). The lowest BCUT2D eigenvalue weighted by molar-refractivity contribution is -0.121. The molecule has 2 aromatic rings. The maximum absolute atomic E-state index is 12.0. The number of amides is 1. The smallest absolute Gasteiger partial charge is 0.220 e. The summed E-state index contributed by atoms with van der Waals surface area (Å²) in [5.41, 5.74) is 8.92. The average Bonchev–Trinajstić information content (AvgIpc) is 2.61. The van der Waals surface area contributed by atoms with E-state index in [0.717, 1.165) is 23.4 Å². The van der Waals surface area contributed by atoms with Crippen molar-refractivity contribution in [3.05, 3.63) is 59.7 Å². The molecular weight excluding hydrogens is 300 g/mol. The van der Waals surface area contributed by atoms with E-state index in [1.54, 1.807) is 7.11 Å². The molecule has 0 saturated carbocycles. The molecule has 0 aliphatic heterocycles. The van der Waals surface area contributed by atoms with Gasteiger partial charge in [0.05, 0.1) is 7.11 Å². The zero-order chi connectivity index (χ0) is 17.4. The monoisotopic (exact) mass is 326 g/mol. The molecule has 0 fully saturated rings. The highest BCUT2D eigenvalue weighted by atomic mass is 16.5. The Bertz CT molecular complexity index is 653. The number of methoxy groups -OCH3 is 1. The third-order valence-electron chi connectivity index (χ3n) is 4.26. The molecule has 128 valence electrons. The summed E-state index contributed by atoms with van der Waals surface area (Å²) in [4.78, 5) is 12.0. The Kier molecular flexibility index (Phi) is 6.67. The third kappa shape index (κ3) is 5.30. The highest BCUT2D eigenvalue weighted by molar-refractivity contribution is 5.76. The van der Waals surface area contributed by atoms with Gasteiger partial charge in [-0.05, 0) is 48.1 Å². The first-order valence-electron chi connectivity index (χ1n) is 8.34. The summed E-state index contributed by atoms with van der Waals surface area (Å²) >= 11 is 0. The summed E-state index contributed by atoms with van der Waals surface area (Å²) in [7, 11) is 1.66. The minimum atomic E-state index is 0.0696. The lowest BCUT2D eigenvalue weighted by Gasteiger charge is -2.13. The van der Waals surface area contributed by atoms with Crippen molar-refractivity contribution < 1.29 is 9.53 Å². The van der Waals surface area contributed by atoms with Gasteiger partial charge in [-0.15, -0.1) is 0 Å². The Hall–Kier alpha value is -2.49. The van der Waals surface area contributed by atoms with Crippen LogP contribution in [-0.4, -0.2) is 19.6 Å². The summed E-state index contributed by atoms with van der Waals surface area (Å²) < 4.78 is 5.17. The van der Waals surface area contributed by atoms with E-state index in [1.165, 1.54) is 5.56 Å². The van der Waals surface area contributed by atoms with E-state index in [0.29, 0.717) is 25.3 Å². The number of para-hydroxylation sites is 1. The normalized spacial score (nSPS) is 11.8. The minimum Gasteiger partial charge on any atom is -0.497 e. The highest BCUT2D eigenvalue weighted by Gasteiger charge is 2.08. The van der Waals surface area contributed by atoms with E-state index in [-0.39, 0.29) is 5.91 Å². The number of rotatable bonds is 8. The van der Waals surface area contributed by atoms with Crippen molar-refractivity contribution in [3.63, 3.8) is 0 Å². The number of anilines is 1. The molecular formula is C20H26N2O2. The second kappa shape index (κ2) is 8.96. The summed E-state index contributed by atoms with van der Waals surface area (Å²) in [6.45, 7) is 2.84. The second-order valence-electron chi connectivity index (χ2n) is 6.01. The van der Waals surface area contributed by atoms with Crippen molar-refractivity contribution in [2.45, 2.75) is 32.1 Å². The molecule has 0 radical (unpaired) electrons. The van der Waals surface area contributed by atoms with Crippen LogP contribution in [0.5, 0.6) is 5.75 Å². The Morgan fingerprint density at radius 2 is 1.88 bits per heavy atom. The molecule has 2 aromatic carbocycles. The van der Waals surface area contributed by atoms with Gasteiger partial charge in [-0.1, -0.05) is 37.3 Å². The van der Waals surface area contributed by atoms with E-state index in [1.807, 2.05) is 36.4 Å². The van der Waals surface area contributed by atoms with Crippen molar-refractivity contribution in [2.75, 3.05) is 19.4 Å². The lowest BCUT2D eigenvalue weighted by atomic mass is 9.98. The molecule has 0 aliphatic rings. The molecule has 4 heteroatoms. The predicted molar refractivity (Wildman–Crippen MR) is 98.2 cm³/mol. The zero-order valence-corrected chi connectivity index (χ0v) is 14.4. The maximum Gasteiger partial charge on any atom is 0.220 e. The number of hydrogen-bond donors (Lipinski definition) is 2. The topological polar surface area (TPSA) is 64.3 Å². The number of carbonyl (C=O) groups is 1. The number of ether oxygens (including phenoxy) is 1. The predicted octanol–water partition coefficient (Wildman–Crippen LogP) is 3.52. The van der Waals surface area contributed by atoms with Gasteiger partial charge < -0.3 is 15.8 Å². The molecule has 0 aliphatic carbocycles. The van der Waals surface area contributed by atoms with Crippen molar-refractivity contribution >= 4 is 11.6 Å². The molecule has 24 heavy (non-hydrogen) atoms. The van der Waals surface area contributed by atoms with Gasteiger partial charge in [-0.2, -0.15) is 0 Å². The van der Waals surface area contributed by atoms with E-state index < -0.39 is 0 Å². The van der Waals surface area contributed by atoms with E-state index in [4.69, 9.17) is 10.5 Å². The molecule has 1 amide bonds. The number of nitrogen functional groups attached to an aromatic ring is 1. The third-order valence-corrected chi connectivity index (χ3v) is 4.26. The van der Waals surface area contributed by atoms with Crippen molar-refractivity contribution in [1.29, 1.82) is 0 Å². The Balaban J connectivity index is 1.70. The van der Waals surface area contributed by atoms with Crippen molar-refractivity contribution in [3.8, 4) is 5.75 Å². The number of carbonyl (C=O) groups excluding carboxylic acids is 1. The highest BCUT2D eigenvalue weighted by Crippen LogP contribution is 2.21. The van der Waals surface area contributed by atoms with Gasteiger partial charge in [0.25, 0.3) is 0 Å². The Morgan fingerprint density at radius 3 is 2.54 bits per heavy atom. The van der Waals surface area contributed by atoms with E-state index in [2.05, 4.69) is 24.4 Å². The van der Waals surface area contributed by atoms with Gasteiger partial charge in [-0.3, -0.25) is 4.79 Å². The van der Waals surface area contributed by atoms with Gasteiger partial charge >= 0.3 is 0 Å². The molecule has 0 spiro atoms. The van der Waals surface area contributed by atoms with Crippen LogP contribution in [0.4, 0.5) is 5.69 Å². The first kappa shape index (κ1) is 17.9. The molecule has 1 unspecified atom stereocenters. The van der Waals surface area contributed by atoms with Gasteiger partial charge in [0.15, 0.2) is 0 Å². The zero-order valence-electron chi connectivity index (χ0n) is 14.4. The molecule has 0 aromatic heterocycles. The molecule has 3 N–H and O–H groups in total. The van der Waals surface area contributed by atoms with Crippen LogP contribution < -0.4 is 15.8 Å². The molecule has 0 bridgehead atoms. The van der Waals surface area contributed by atoms with Crippen LogP contribution >= 0.6 is 0 Å². The van der Waals surface area contributed by atoms with Crippen LogP contribution in [0.25, 0.3) is 0 Å². The first-order chi connectivity index (χ1) is 11.6. The molecule has 0 saturated heterocycles. The van der Waals surface area contributed by atoms with Crippen molar-refractivity contribution in [1.82, 2.24) is 5.32 Å². The summed E-state index contributed by atoms with van der Waals surface area (Å²) in [6.07, 6.45) is 2.04. The number of nitrogens with one attached hydrogen (secondary N) is 1. The quantitative estimate of drug-likeness (QED) is 0.730. The van der Waals surface area contributed by atoms with Gasteiger partial charge in [-0.25, -0.2) is 0 Å². The number of benzene rings is 2. The van der Waals surface area contributed by atoms with Crippen LogP contribution in [0.15, 0.2) is 48.5 Å².